The first-order valence-corrected chi connectivity index (χ1v) is 3.88. The first kappa shape index (κ1) is 8.46. The van der Waals surface area contributed by atoms with E-state index in [2.05, 4.69) is 0 Å². The van der Waals surface area contributed by atoms with Gasteiger partial charge < -0.3 is 19.5 Å². The van der Waals surface area contributed by atoms with Crippen molar-refractivity contribution in [2.24, 2.45) is 0 Å². The minimum atomic E-state index is -1.16. The molecule has 1 N–H and O–H groups in total. The zero-order valence-corrected chi connectivity index (χ0v) is 6.97. The number of carboxylic acid groups (broad SMARTS) is 1. The van der Waals surface area contributed by atoms with Crippen LogP contribution in [0.2, 0.25) is 0 Å². The number of morpholine rings is 1. The molecule has 3 unspecified atom stereocenters. The quantitative estimate of drug-likeness (QED) is 0.549. The summed E-state index contributed by atoms with van der Waals surface area (Å²) >= 11 is 0. The molecular formula is C7H9NO5. The molecule has 2 fully saturated rings. The Hall–Kier alpha value is -1.14. The predicted molar refractivity (Wildman–Crippen MR) is 38.8 cm³/mol. The van der Waals surface area contributed by atoms with Crippen LogP contribution in [0.25, 0.3) is 0 Å². The van der Waals surface area contributed by atoms with Crippen molar-refractivity contribution in [3.05, 3.63) is 0 Å². The lowest BCUT2D eigenvalue weighted by atomic mass is 10.2. The summed E-state index contributed by atoms with van der Waals surface area (Å²) < 4.78 is 10.1. The van der Waals surface area contributed by atoms with Crippen molar-refractivity contribution in [2.75, 3.05) is 13.6 Å². The SMILES string of the molecule is CN1CC2OC(C(=O)O)C(O2)C1=O. The summed E-state index contributed by atoms with van der Waals surface area (Å²) in [6.45, 7) is 0.291. The van der Waals surface area contributed by atoms with E-state index in [0.29, 0.717) is 6.54 Å². The molecule has 0 saturated carbocycles. The van der Waals surface area contributed by atoms with Crippen molar-refractivity contribution in [1.82, 2.24) is 4.90 Å². The van der Waals surface area contributed by atoms with Crippen LogP contribution in [-0.4, -0.2) is 54.0 Å². The fourth-order valence-electron chi connectivity index (χ4n) is 1.49. The number of carboxylic acids is 1. The molecule has 0 radical (unpaired) electrons. The predicted octanol–water partition coefficient (Wildman–Crippen LogP) is -1.35. The molecular weight excluding hydrogens is 178 g/mol. The van der Waals surface area contributed by atoms with Gasteiger partial charge in [0.1, 0.15) is 0 Å². The number of likely N-dealkylation sites (N-methyl/N-ethyl adjacent to an activating group) is 1. The zero-order valence-electron chi connectivity index (χ0n) is 6.97. The summed E-state index contributed by atoms with van der Waals surface area (Å²) in [5.74, 6) is -1.49. The van der Waals surface area contributed by atoms with Crippen LogP contribution in [0.5, 0.6) is 0 Å². The maximum Gasteiger partial charge on any atom is 0.336 e. The lowest BCUT2D eigenvalue weighted by Gasteiger charge is -2.26. The number of hydrogen-bond donors (Lipinski definition) is 1. The first-order valence-electron chi connectivity index (χ1n) is 3.88. The monoisotopic (exact) mass is 187 g/mol. The van der Waals surface area contributed by atoms with Crippen LogP contribution in [0.3, 0.4) is 0 Å². The van der Waals surface area contributed by atoms with Gasteiger partial charge in [0.05, 0.1) is 6.54 Å². The minimum absolute atomic E-state index is 0.291. The molecule has 2 bridgehead atoms. The summed E-state index contributed by atoms with van der Waals surface area (Å²) in [6.07, 6.45) is -2.71. The Morgan fingerprint density at radius 2 is 2.31 bits per heavy atom. The largest absolute Gasteiger partial charge is 0.479 e. The number of carbonyl (C=O) groups is 2. The van der Waals surface area contributed by atoms with Gasteiger partial charge in [-0.3, -0.25) is 4.79 Å². The number of rotatable bonds is 1. The highest BCUT2D eigenvalue weighted by atomic mass is 16.7. The van der Waals surface area contributed by atoms with Gasteiger partial charge >= 0.3 is 5.97 Å². The molecule has 2 aliphatic rings. The van der Waals surface area contributed by atoms with Crippen molar-refractivity contribution < 1.29 is 24.2 Å². The topological polar surface area (TPSA) is 76.1 Å². The highest BCUT2D eigenvalue weighted by Crippen LogP contribution is 2.25. The van der Waals surface area contributed by atoms with Crippen LogP contribution < -0.4 is 0 Å². The lowest BCUT2D eigenvalue weighted by Crippen LogP contribution is -2.48. The molecule has 6 heteroatoms. The smallest absolute Gasteiger partial charge is 0.336 e. The molecule has 3 atom stereocenters. The number of hydrogen-bond acceptors (Lipinski definition) is 4. The summed E-state index contributed by atoms with van der Waals surface area (Å²) in [5.41, 5.74) is 0. The van der Waals surface area contributed by atoms with Crippen LogP contribution in [0, 0.1) is 0 Å². The maximum atomic E-state index is 11.4. The van der Waals surface area contributed by atoms with E-state index < -0.39 is 24.5 Å². The Bertz CT molecular complexity index is 266. The average molecular weight is 187 g/mol. The Morgan fingerprint density at radius 3 is 2.92 bits per heavy atom. The van der Waals surface area contributed by atoms with E-state index in [1.165, 1.54) is 4.90 Å². The lowest BCUT2D eigenvalue weighted by molar-refractivity contribution is -0.159. The van der Waals surface area contributed by atoms with E-state index in [1.54, 1.807) is 7.05 Å². The minimum Gasteiger partial charge on any atom is -0.479 e. The fourth-order valence-corrected chi connectivity index (χ4v) is 1.49. The van der Waals surface area contributed by atoms with Crippen molar-refractivity contribution in [3.8, 4) is 0 Å². The van der Waals surface area contributed by atoms with E-state index >= 15 is 0 Å². The number of ether oxygens (including phenoxy) is 2. The molecule has 2 saturated heterocycles. The van der Waals surface area contributed by atoms with Crippen molar-refractivity contribution in [2.45, 2.75) is 18.5 Å². The molecule has 13 heavy (non-hydrogen) atoms. The van der Waals surface area contributed by atoms with Gasteiger partial charge in [0.25, 0.3) is 5.91 Å². The molecule has 0 aromatic heterocycles. The van der Waals surface area contributed by atoms with E-state index in [-0.39, 0.29) is 5.91 Å². The summed E-state index contributed by atoms with van der Waals surface area (Å²) in [7, 11) is 1.60. The van der Waals surface area contributed by atoms with Gasteiger partial charge in [0.2, 0.25) is 0 Å². The maximum absolute atomic E-state index is 11.4. The zero-order chi connectivity index (χ0) is 9.59. The second kappa shape index (κ2) is 2.68. The normalized spacial score (nSPS) is 38.1. The summed E-state index contributed by atoms with van der Waals surface area (Å²) in [5, 5.41) is 8.69. The molecule has 72 valence electrons. The van der Waals surface area contributed by atoms with Crippen molar-refractivity contribution in [3.63, 3.8) is 0 Å². The third-order valence-electron chi connectivity index (χ3n) is 2.16. The van der Waals surface area contributed by atoms with E-state index in [0.717, 1.165) is 0 Å². The highest BCUT2D eigenvalue weighted by Gasteiger charge is 2.50. The van der Waals surface area contributed by atoms with Gasteiger partial charge in [-0.2, -0.15) is 0 Å². The third kappa shape index (κ3) is 1.18. The van der Waals surface area contributed by atoms with Crippen LogP contribution >= 0.6 is 0 Å². The Kier molecular flexibility index (Phi) is 1.74. The number of fused-ring (bicyclic) bond motifs is 2. The third-order valence-corrected chi connectivity index (χ3v) is 2.16. The van der Waals surface area contributed by atoms with Crippen molar-refractivity contribution in [1.29, 1.82) is 0 Å². The molecule has 2 aliphatic heterocycles. The highest BCUT2D eigenvalue weighted by molar-refractivity contribution is 5.89. The molecule has 2 heterocycles. The average Bonchev–Trinajstić information content (AvgIpc) is 2.41. The van der Waals surface area contributed by atoms with Gasteiger partial charge in [-0.15, -0.1) is 0 Å². The van der Waals surface area contributed by atoms with Crippen molar-refractivity contribution >= 4 is 11.9 Å². The summed E-state index contributed by atoms with van der Waals surface area (Å²) in [4.78, 5) is 23.4. The van der Waals surface area contributed by atoms with Crippen LogP contribution in [0.15, 0.2) is 0 Å². The van der Waals surface area contributed by atoms with E-state index in [9.17, 15) is 9.59 Å². The fraction of sp³-hybridized carbons (Fsp3) is 0.714. The van der Waals surface area contributed by atoms with E-state index in [4.69, 9.17) is 14.6 Å². The second-order valence-electron chi connectivity index (χ2n) is 3.10. The number of nitrogens with zero attached hydrogens (tertiary/aromatic N) is 1. The van der Waals surface area contributed by atoms with Gasteiger partial charge in [-0.1, -0.05) is 0 Å². The number of aliphatic carboxylic acids is 1. The molecule has 2 rings (SSSR count). The molecule has 6 nitrogen and oxygen atoms in total. The molecule has 0 aromatic rings. The molecule has 0 aromatic carbocycles. The standard InChI is InChI=1S/C7H9NO5/c1-8-2-3-12-4(6(8)9)5(13-3)7(10)11/h3-5H,2H2,1H3,(H,10,11). The second-order valence-corrected chi connectivity index (χ2v) is 3.10. The number of amides is 1. The first-order chi connectivity index (χ1) is 6.09. The Balaban J connectivity index is 2.22. The van der Waals surface area contributed by atoms with Gasteiger partial charge in [0, 0.05) is 7.05 Å². The van der Waals surface area contributed by atoms with E-state index in [1.807, 2.05) is 0 Å². The van der Waals surface area contributed by atoms with Crippen LogP contribution in [0.1, 0.15) is 0 Å². The summed E-state index contributed by atoms with van der Waals surface area (Å²) in [6, 6.07) is 0. The van der Waals surface area contributed by atoms with Crippen LogP contribution in [0.4, 0.5) is 0 Å². The van der Waals surface area contributed by atoms with Gasteiger partial charge in [0.15, 0.2) is 18.5 Å². The Morgan fingerprint density at radius 1 is 1.62 bits per heavy atom. The number of carbonyl (C=O) groups excluding carboxylic acids is 1. The molecule has 0 aliphatic carbocycles. The Labute approximate surface area is 74.0 Å². The molecule has 0 spiro atoms. The van der Waals surface area contributed by atoms with Gasteiger partial charge in [-0.05, 0) is 0 Å². The van der Waals surface area contributed by atoms with Crippen LogP contribution in [-0.2, 0) is 19.1 Å². The molecule has 1 amide bonds. The van der Waals surface area contributed by atoms with Gasteiger partial charge in [-0.25, -0.2) is 4.79 Å².